The molecule has 0 aliphatic carbocycles. The minimum Gasteiger partial charge on any atom is -0.342 e. The Hall–Kier alpha value is -1.91. The molecule has 2 amide bonds. The van der Waals surface area contributed by atoms with Crippen LogP contribution in [0.25, 0.3) is 0 Å². The van der Waals surface area contributed by atoms with Gasteiger partial charge in [0, 0.05) is 0 Å². The molecule has 5 heteroatoms. The van der Waals surface area contributed by atoms with Crippen molar-refractivity contribution in [2.24, 2.45) is 5.92 Å². The highest BCUT2D eigenvalue weighted by atomic mass is 19.1. The van der Waals surface area contributed by atoms with E-state index in [1.54, 1.807) is 26.0 Å². The average Bonchev–Trinajstić information content (AvgIpc) is 2.39. The maximum absolute atomic E-state index is 14.2. The monoisotopic (exact) mass is 292 g/mol. The van der Waals surface area contributed by atoms with Crippen LogP contribution in [0.5, 0.6) is 0 Å². The lowest BCUT2D eigenvalue weighted by Crippen LogP contribution is -2.63. The zero-order valence-electron chi connectivity index (χ0n) is 12.8. The summed E-state index contributed by atoms with van der Waals surface area (Å²) in [5.74, 6) is -0.712. The number of amides is 2. The van der Waals surface area contributed by atoms with E-state index in [2.05, 4.69) is 5.32 Å². The van der Waals surface area contributed by atoms with Gasteiger partial charge >= 0.3 is 0 Å². The van der Waals surface area contributed by atoms with Gasteiger partial charge in [0.05, 0.1) is 5.69 Å². The predicted molar refractivity (Wildman–Crippen MR) is 79.5 cm³/mol. The number of piperazine rings is 1. The fourth-order valence-electron chi connectivity index (χ4n) is 2.69. The number of hydrogen-bond acceptors (Lipinski definition) is 2. The highest BCUT2D eigenvalue weighted by Crippen LogP contribution is 2.29. The van der Waals surface area contributed by atoms with E-state index >= 15 is 0 Å². The lowest BCUT2D eigenvalue weighted by molar-refractivity contribution is -0.133. The van der Waals surface area contributed by atoms with E-state index in [-0.39, 0.29) is 23.4 Å². The predicted octanol–water partition coefficient (Wildman–Crippen LogP) is 2.40. The maximum Gasteiger partial charge on any atom is 0.250 e. The normalized spacial score (nSPS) is 22.7. The Kier molecular flexibility index (Phi) is 4.30. The van der Waals surface area contributed by atoms with Gasteiger partial charge in [-0.25, -0.2) is 4.39 Å². The third-order valence-corrected chi connectivity index (χ3v) is 3.76. The van der Waals surface area contributed by atoms with Gasteiger partial charge in [0.1, 0.15) is 17.9 Å². The van der Waals surface area contributed by atoms with E-state index in [0.717, 1.165) is 0 Å². The molecule has 114 valence electrons. The van der Waals surface area contributed by atoms with E-state index in [9.17, 15) is 14.0 Å². The largest absolute Gasteiger partial charge is 0.342 e. The Bertz CT molecular complexity index is 551. The Morgan fingerprint density at radius 2 is 2.00 bits per heavy atom. The fraction of sp³-hybridized carbons (Fsp3) is 0.500. The summed E-state index contributed by atoms with van der Waals surface area (Å²) < 4.78 is 14.2. The molecule has 1 N–H and O–H groups in total. The molecule has 0 spiro atoms. The number of carbonyl (C=O) groups excluding carboxylic acids is 2. The maximum atomic E-state index is 14.2. The molecule has 1 aromatic rings. The topological polar surface area (TPSA) is 49.4 Å². The summed E-state index contributed by atoms with van der Waals surface area (Å²) in [5, 5.41) is 2.73. The van der Waals surface area contributed by atoms with E-state index in [4.69, 9.17) is 0 Å². The van der Waals surface area contributed by atoms with Gasteiger partial charge in [-0.05, 0) is 37.8 Å². The van der Waals surface area contributed by atoms with Gasteiger partial charge < -0.3 is 5.32 Å². The summed E-state index contributed by atoms with van der Waals surface area (Å²) in [7, 11) is 0. The number of aryl methyl sites for hydroxylation is 1. The summed E-state index contributed by atoms with van der Waals surface area (Å²) in [6.45, 7) is 7.32. The van der Waals surface area contributed by atoms with Crippen LogP contribution in [0.4, 0.5) is 10.1 Å². The summed E-state index contributed by atoms with van der Waals surface area (Å²) in [6.07, 6.45) is 0.543. The lowest BCUT2D eigenvalue weighted by atomic mass is 9.97. The van der Waals surface area contributed by atoms with Gasteiger partial charge in [0.25, 0.3) is 0 Å². The quantitative estimate of drug-likeness (QED) is 0.930. The fourth-order valence-corrected chi connectivity index (χ4v) is 2.69. The smallest absolute Gasteiger partial charge is 0.250 e. The lowest BCUT2D eigenvalue weighted by Gasteiger charge is -2.38. The average molecular weight is 292 g/mol. The number of carbonyl (C=O) groups is 2. The minimum atomic E-state index is -0.712. The molecule has 0 aromatic heterocycles. The van der Waals surface area contributed by atoms with Gasteiger partial charge in [-0.3, -0.25) is 14.5 Å². The molecule has 1 fully saturated rings. The zero-order valence-corrected chi connectivity index (χ0v) is 12.8. The van der Waals surface area contributed by atoms with Gasteiger partial charge in [0.2, 0.25) is 11.8 Å². The van der Waals surface area contributed by atoms with Gasteiger partial charge in [0.15, 0.2) is 0 Å². The molecule has 1 aromatic carbocycles. The van der Waals surface area contributed by atoms with Gasteiger partial charge in [-0.1, -0.05) is 26.0 Å². The molecule has 2 unspecified atom stereocenters. The van der Waals surface area contributed by atoms with E-state index in [1.165, 1.54) is 11.0 Å². The van der Waals surface area contributed by atoms with Crippen molar-refractivity contribution in [2.75, 3.05) is 4.90 Å². The molecule has 0 bridgehead atoms. The summed E-state index contributed by atoms with van der Waals surface area (Å²) >= 11 is 0. The third kappa shape index (κ3) is 2.91. The second-order valence-electron chi connectivity index (χ2n) is 5.98. The number of rotatable bonds is 3. The standard InChI is InChI=1S/C16H21FN2O2/c1-9(2)8-13-16(21)19(11(4)15(20)18-13)14-10(3)6-5-7-12(14)17/h5-7,9,11,13H,8H2,1-4H3,(H,18,20). The second kappa shape index (κ2) is 5.84. The van der Waals surface area contributed by atoms with Crippen LogP contribution in [0, 0.1) is 18.7 Å². The number of hydrogen-bond donors (Lipinski definition) is 1. The molecule has 2 rings (SSSR count). The molecular formula is C16H21FN2O2. The van der Waals surface area contributed by atoms with Crippen LogP contribution in [0.1, 0.15) is 32.8 Å². The number of para-hydroxylation sites is 1. The van der Waals surface area contributed by atoms with Crippen molar-refractivity contribution >= 4 is 17.5 Å². The molecular weight excluding hydrogens is 271 g/mol. The third-order valence-electron chi connectivity index (χ3n) is 3.76. The number of halogens is 1. The van der Waals surface area contributed by atoms with Crippen LogP contribution in [-0.4, -0.2) is 23.9 Å². The molecule has 0 saturated carbocycles. The first kappa shape index (κ1) is 15.5. The Labute approximate surface area is 124 Å². The van der Waals surface area contributed by atoms with E-state index < -0.39 is 17.9 Å². The SMILES string of the molecule is Cc1cccc(F)c1N1C(=O)C(CC(C)C)NC(=O)C1C. The molecule has 0 radical (unpaired) electrons. The number of nitrogens with one attached hydrogen (secondary N) is 1. The van der Waals surface area contributed by atoms with Crippen molar-refractivity contribution in [3.63, 3.8) is 0 Å². The highest BCUT2D eigenvalue weighted by Gasteiger charge is 2.40. The van der Waals surface area contributed by atoms with Crippen molar-refractivity contribution in [3.05, 3.63) is 29.6 Å². The zero-order chi connectivity index (χ0) is 15.7. The Balaban J connectivity index is 2.44. The number of benzene rings is 1. The molecule has 4 nitrogen and oxygen atoms in total. The van der Waals surface area contributed by atoms with Crippen molar-refractivity contribution in [1.82, 2.24) is 5.32 Å². The Morgan fingerprint density at radius 3 is 2.57 bits per heavy atom. The summed E-state index contributed by atoms with van der Waals surface area (Å²) in [4.78, 5) is 26.1. The van der Waals surface area contributed by atoms with E-state index in [0.29, 0.717) is 12.0 Å². The van der Waals surface area contributed by atoms with Crippen LogP contribution in [0.15, 0.2) is 18.2 Å². The summed E-state index contributed by atoms with van der Waals surface area (Å²) in [6, 6.07) is 3.34. The second-order valence-corrected chi connectivity index (χ2v) is 5.98. The number of nitrogens with zero attached hydrogens (tertiary/aromatic N) is 1. The molecule has 1 saturated heterocycles. The molecule has 1 heterocycles. The number of anilines is 1. The van der Waals surface area contributed by atoms with Crippen molar-refractivity contribution in [1.29, 1.82) is 0 Å². The molecule has 2 atom stereocenters. The van der Waals surface area contributed by atoms with Crippen LogP contribution in [-0.2, 0) is 9.59 Å². The molecule has 21 heavy (non-hydrogen) atoms. The first-order valence-electron chi connectivity index (χ1n) is 7.21. The summed E-state index contributed by atoms with van der Waals surface area (Å²) in [5.41, 5.74) is 0.854. The highest BCUT2D eigenvalue weighted by molar-refractivity contribution is 6.08. The first-order chi connectivity index (χ1) is 9.82. The van der Waals surface area contributed by atoms with Crippen LogP contribution in [0.3, 0.4) is 0 Å². The van der Waals surface area contributed by atoms with Gasteiger partial charge in [-0.2, -0.15) is 0 Å². The van der Waals surface area contributed by atoms with Crippen LogP contribution in [0.2, 0.25) is 0 Å². The van der Waals surface area contributed by atoms with Crippen molar-refractivity contribution in [2.45, 2.75) is 46.2 Å². The molecule has 1 aliphatic rings. The van der Waals surface area contributed by atoms with Crippen molar-refractivity contribution < 1.29 is 14.0 Å². The first-order valence-corrected chi connectivity index (χ1v) is 7.21. The van der Waals surface area contributed by atoms with E-state index in [1.807, 2.05) is 13.8 Å². The van der Waals surface area contributed by atoms with Crippen molar-refractivity contribution in [3.8, 4) is 0 Å². The van der Waals surface area contributed by atoms with Gasteiger partial charge in [-0.15, -0.1) is 0 Å². The van der Waals surface area contributed by atoms with Crippen LogP contribution < -0.4 is 10.2 Å². The molecule has 1 aliphatic heterocycles. The van der Waals surface area contributed by atoms with Crippen LogP contribution >= 0.6 is 0 Å². The minimum absolute atomic E-state index is 0.207. The Morgan fingerprint density at radius 1 is 1.33 bits per heavy atom.